The van der Waals surface area contributed by atoms with Crippen molar-refractivity contribution in [1.82, 2.24) is 34.6 Å². The summed E-state index contributed by atoms with van der Waals surface area (Å²) < 4.78 is 1.45. The Morgan fingerprint density at radius 3 is 3.00 bits per heavy atom. The van der Waals surface area contributed by atoms with Crippen LogP contribution in [-0.2, 0) is 0 Å². The second-order valence-corrected chi connectivity index (χ2v) is 4.81. The highest BCUT2D eigenvalue weighted by Crippen LogP contribution is 2.15. The number of likely N-dealkylation sites (N-methyl/N-ethyl adjacent to an activating group) is 1. The van der Waals surface area contributed by atoms with Gasteiger partial charge in [-0.05, 0) is 26.4 Å². The van der Waals surface area contributed by atoms with Crippen LogP contribution in [0.4, 0.5) is 11.9 Å². The molecule has 1 aliphatic heterocycles. The maximum absolute atomic E-state index is 5.70. The summed E-state index contributed by atoms with van der Waals surface area (Å²) in [6.45, 7) is 1.92. The molecule has 20 heavy (non-hydrogen) atoms. The average molecular weight is 275 g/mol. The molecule has 0 spiro atoms. The molecule has 0 saturated carbocycles. The normalized spacial score (nSPS) is 19.4. The summed E-state index contributed by atoms with van der Waals surface area (Å²) >= 11 is 0. The van der Waals surface area contributed by atoms with Crippen LogP contribution in [0.5, 0.6) is 0 Å². The Kier molecular flexibility index (Phi) is 3.42. The zero-order chi connectivity index (χ0) is 13.9. The van der Waals surface area contributed by atoms with Crippen LogP contribution in [0.2, 0.25) is 0 Å². The maximum Gasteiger partial charge on any atom is 0.258 e. The molecule has 0 radical (unpaired) electrons. The van der Waals surface area contributed by atoms with Gasteiger partial charge in [0.25, 0.3) is 5.95 Å². The number of nitrogens with zero attached hydrogens (tertiary/aromatic N) is 7. The predicted molar refractivity (Wildman–Crippen MR) is 73.3 cm³/mol. The highest BCUT2D eigenvalue weighted by Gasteiger charge is 2.20. The molecule has 3 rings (SSSR count). The van der Waals surface area contributed by atoms with E-state index in [9.17, 15) is 0 Å². The first kappa shape index (κ1) is 12.7. The lowest BCUT2D eigenvalue weighted by atomic mass is 10.2. The van der Waals surface area contributed by atoms with Crippen LogP contribution in [0, 0.1) is 0 Å². The Morgan fingerprint density at radius 2 is 2.30 bits per heavy atom. The van der Waals surface area contributed by atoms with Crippen molar-refractivity contribution in [2.24, 2.45) is 0 Å². The number of aromatic nitrogens is 6. The van der Waals surface area contributed by atoms with E-state index < -0.39 is 0 Å². The Morgan fingerprint density at radius 1 is 1.40 bits per heavy atom. The topological polar surface area (TPSA) is 111 Å². The zero-order valence-electron chi connectivity index (χ0n) is 11.3. The molecule has 0 aromatic carbocycles. The Hall–Kier alpha value is -2.29. The molecule has 2 aromatic heterocycles. The van der Waals surface area contributed by atoms with Crippen LogP contribution < -0.4 is 11.1 Å². The lowest BCUT2D eigenvalue weighted by Gasteiger charge is -2.19. The smallest absolute Gasteiger partial charge is 0.258 e. The summed E-state index contributed by atoms with van der Waals surface area (Å²) in [4.78, 5) is 18.6. The molecule has 9 heteroatoms. The summed E-state index contributed by atoms with van der Waals surface area (Å²) in [6.07, 6.45) is 5.34. The van der Waals surface area contributed by atoms with Crippen LogP contribution in [0.1, 0.15) is 12.8 Å². The summed E-state index contributed by atoms with van der Waals surface area (Å²) in [5, 5.41) is 7.19. The highest BCUT2D eigenvalue weighted by atomic mass is 15.4. The van der Waals surface area contributed by atoms with E-state index >= 15 is 0 Å². The standard InChI is InChI=1S/C11H17N9/c1-19-4-2-3-8(19)5-14-10-16-9(12)17-11(18-10)20-7-13-6-15-20/h6-8H,2-5H2,1H3,(H3,12,14,16,17,18). The van der Waals surface area contributed by atoms with E-state index in [0.29, 0.717) is 17.9 Å². The molecule has 1 saturated heterocycles. The molecule has 1 aliphatic rings. The third-order valence-corrected chi connectivity index (χ3v) is 3.43. The van der Waals surface area contributed by atoms with Gasteiger partial charge < -0.3 is 16.0 Å². The number of nitrogens with one attached hydrogen (secondary N) is 1. The fourth-order valence-corrected chi connectivity index (χ4v) is 2.32. The number of nitrogens with two attached hydrogens (primary N) is 1. The molecule has 1 fully saturated rings. The van der Waals surface area contributed by atoms with E-state index in [1.807, 2.05) is 0 Å². The van der Waals surface area contributed by atoms with Crippen molar-refractivity contribution in [2.75, 3.05) is 31.2 Å². The van der Waals surface area contributed by atoms with Crippen LogP contribution >= 0.6 is 0 Å². The number of hydrogen-bond donors (Lipinski definition) is 2. The number of hydrogen-bond acceptors (Lipinski definition) is 8. The Labute approximate surface area is 116 Å². The molecule has 0 amide bonds. The van der Waals surface area contributed by atoms with Crippen molar-refractivity contribution >= 4 is 11.9 Å². The zero-order valence-corrected chi connectivity index (χ0v) is 11.3. The number of rotatable bonds is 4. The SMILES string of the molecule is CN1CCCC1CNc1nc(N)nc(-n2cncn2)n1. The molecule has 106 valence electrons. The molecule has 1 unspecified atom stereocenters. The van der Waals surface area contributed by atoms with Gasteiger partial charge in [0, 0.05) is 12.6 Å². The highest BCUT2D eigenvalue weighted by molar-refractivity contribution is 5.34. The Balaban J connectivity index is 1.73. The fraction of sp³-hybridized carbons (Fsp3) is 0.545. The lowest BCUT2D eigenvalue weighted by molar-refractivity contribution is 0.322. The van der Waals surface area contributed by atoms with Gasteiger partial charge in [0.15, 0.2) is 0 Å². The molecule has 1 atom stereocenters. The second-order valence-electron chi connectivity index (χ2n) is 4.81. The van der Waals surface area contributed by atoms with Crippen LogP contribution in [0.3, 0.4) is 0 Å². The van der Waals surface area contributed by atoms with Gasteiger partial charge in [-0.15, -0.1) is 0 Å². The number of nitrogen functional groups attached to an aromatic ring is 1. The van der Waals surface area contributed by atoms with Gasteiger partial charge >= 0.3 is 0 Å². The van der Waals surface area contributed by atoms with Crippen molar-refractivity contribution in [3.8, 4) is 5.95 Å². The monoisotopic (exact) mass is 275 g/mol. The van der Waals surface area contributed by atoms with Crippen molar-refractivity contribution in [3.05, 3.63) is 12.7 Å². The minimum atomic E-state index is 0.160. The second kappa shape index (κ2) is 5.37. The first-order chi connectivity index (χ1) is 9.72. The third-order valence-electron chi connectivity index (χ3n) is 3.43. The molecular formula is C11H17N9. The van der Waals surface area contributed by atoms with Crippen LogP contribution in [0.25, 0.3) is 5.95 Å². The fourth-order valence-electron chi connectivity index (χ4n) is 2.32. The molecule has 0 aliphatic carbocycles. The van der Waals surface area contributed by atoms with E-state index in [0.717, 1.165) is 13.1 Å². The van der Waals surface area contributed by atoms with Crippen molar-refractivity contribution in [3.63, 3.8) is 0 Å². The first-order valence-electron chi connectivity index (χ1n) is 6.53. The minimum absolute atomic E-state index is 0.160. The predicted octanol–water partition coefficient (Wildman–Crippen LogP) is -0.459. The van der Waals surface area contributed by atoms with Gasteiger partial charge in [-0.3, -0.25) is 0 Å². The van der Waals surface area contributed by atoms with Gasteiger partial charge in [-0.25, -0.2) is 4.98 Å². The Bertz CT molecular complexity index is 567. The van der Waals surface area contributed by atoms with Gasteiger partial charge in [0.05, 0.1) is 0 Å². The van der Waals surface area contributed by atoms with Crippen molar-refractivity contribution in [1.29, 1.82) is 0 Å². The molecule has 0 bridgehead atoms. The third kappa shape index (κ3) is 2.67. The minimum Gasteiger partial charge on any atom is -0.368 e. The average Bonchev–Trinajstić information content (AvgIpc) is 3.07. The first-order valence-corrected chi connectivity index (χ1v) is 6.53. The molecular weight excluding hydrogens is 258 g/mol. The van der Waals surface area contributed by atoms with E-state index in [4.69, 9.17) is 5.73 Å². The van der Waals surface area contributed by atoms with E-state index in [-0.39, 0.29) is 5.95 Å². The molecule has 3 N–H and O–H groups in total. The summed E-state index contributed by atoms with van der Waals surface area (Å²) in [7, 11) is 2.13. The van der Waals surface area contributed by atoms with Gasteiger partial charge in [0.1, 0.15) is 12.7 Å². The van der Waals surface area contributed by atoms with E-state index in [1.165, 1.54) is 30.2 Å². The van der Waals surface area contributed by atoms with E-state index in [2.05, 4.69) is 42.3 Å². The van der Waals surface area contributed by atoms with Gasteiger partial charge in [-0.1, -0.05) is 0 Å². The van der Waals surface area contributed by atoms with Crippen LogP contribution in [0.15, 0.2) is 12.7 Å². The van der Waals surface area contributed by atoms with Crippen molar-refractivity contribution < 1.29 is 0 Å². The summed E-state index contributed by atoms with van der Waals surface area (Å²) in [5.41, 5.74) is 5.70. The summed E-state index contributed by atoms with van der Waals surface area (Å²) in [5.74, 6) is 0.980. The number of anilines is 2. The lowest BCUT2D eigenvalue weighted by Crippen LogP contribution is -2.32. The molecule has 3 heterocycles. The van der Waals surface area contributed by atoms with E-state index in [1.54, 1.807) is 0 Å². The van der Waals surface area contributed by atoms with Crippen LogP contribution in [-0.4, -0.2) is 60.8 Å². The molecule has 9 nitrogen and oxygen atoms in total. The van der Waals surface area contributed by atoms with Gasteiger partial charge in [-0.2, -0.15) is 24.7 Å². The summed E-state index contributed by atoms with van der Waals surface area (Å²) in [6, 6.07) is 0.503. The van der Waals surface area contributed by atoms with Gasteiger partial charge in [0.2, 0.25) is 11.9 Å². The number of likely N-dealkylation sites (tertiary alicyclic amines) is 1. The molecule has 2 aromatic rings. The quantitative estimate of drug-likeness (QED) is 0.771. The van der Waals surface area contributed by atoms with Crippen molar-refractivity contribution in [2.45, 2.75) is 18.9 Å². The largest absolute Gasteiger partial charge is 0.368 e. The maximum atomic E-state index is 5.70.